The number of nitrogens with zero attached hydrogens (tertiary/aromatic N) is 1. The number of aromatic nitrogens is 2. The molecule has 0 amide bonds. The Morgan fingerprint density at radius 3 is 2.70 bits per heavy atom. The highest BCUT2D eigenvalue weighted by atomic mass is 32.2. The summed E-state index contributed by atoms with van der Waals surface area (Å²) in [6.07, 6.45) is 6.58. The highest BCUT2D eigenvalue weighted by molar-refractivity contribution is 7.99. The van der Waals surface area contributed by atoms with Gasteiger partial charge in [0.2, 0.25) is 0 Å². The van der Waals surface area contributed by atoms with E-state index in [0.29, 0.717) is 46.7 Å². The van der Waals surface area contributed by atoms with Gasteiger partial charge in [0.05, 0.1) is 24.0 Å². The Morgan fingerprint density at radius 1 is 1.20 bits per heavy atom. The Kier molecular flexibility index (Phi) is 7.28. The lowest BCUT2D eigenvalue weighted by atomic mass is 9.97. The maximum atomic E-state index is 14.6. The summed E-state index contributed by atoms with van der Waals surface area (Å²) in [5.74, 6) is 1.40. The van der Waals surface area contributed by atoms with Gasteiger partial charge in [0.1, 0.15) is 22.8 Å². The molecular weight excluding hydrogens is 407 g/mol. The second-order valence-corrected chi connectivity index (χ2v) is 9.41. The monoisotopic (exact) mass is 436 g/mol. The van der Waals surface area contributed by atoms with E-state index >= 15 is 0 Å². The number of nitrogens with one attached hydrogen (secondary N) is 1. The normalized spacial score (nSPS) is 23.0. The van der Waals surface area contributed by atoms with E-state index < -0.39 is 11.4 Å². The SMILES string of the molecule is CO[C@H]1CC[C@@H](SCc2nc3cc(OCC4CCOCC4)cc(F)c3c(=O)[nH]2)CC1. The zero-order chi connectivity index (χ0) is 20.9. The number of ether oxygens (including phenoxy) is 3. The number of halogens is 1. The van der Waals surface area contributed by atoms with Crippen molar-refractivity contribution >= 4 is 22.7 Å². The molecule has 4 rings (SSSR count). The van der Waals surface area contributed by atoms with Gasteiger partial charge in [-0.25, -0.2) is 9.37 Å². The van der Waals surface area contributed by atoms with Crippen LogP contribution in [-0.4, -0.2) is 48.3 Å². The average Bonchev–Trinajstić information content (AvgIpc) is 2.77. The summed E-state index contributed by atoms with van der Waals surface area (Å²) in [5, 5.41) is 0.519. The van der Waals surface area contributed by atoms with Crippen LogP contribution in [0.1, 0.15) is 44.3 Å². The maximum Gasteiger partial charge on any atom is 0.261 e. The van der Waals surface area contributed by atoms with Gasteiger partial charge >= 0.3 is 0 Å². The van der Waals surface area contributed by atoms with Gasteiger partial charge in [0.15, 0.2) is 0 Å². The molecule has 8 heteroatoms. The number of rotatable bonds is 7. The Balaban J connectivity index is 1.43. The third-order valence-corrected chi connectivity index (χ3v) is 7.40. The van der Waals surface area contributed by atoms with Crippen molar-refractivity contribution < 1.29 is 18.6 Å². The van der Waals surface area contributed by atoms with E-state index in [1.807, 2.05) is 0 Å². The van der Waals surface area contributed by atoms with Gasteiger partial charge in [-0.2, -0.15) is 11.8 Å². The smallest absolute Gasteiger partial charge is 0.261 e. The molecule has 1 aromatic carbocycles. The number of H-pyrrole nitrogens is 1. The van der Waals surface area contributed by atoms with Gasteiger partial charge in [0.25, 0.3) is 5.56 Å². The molecule has 0 unspecified atom stereocenters. The van der Waals surface area contributed by atoms with Gasteiger partial charge in [-0.05, 0) is 44.4 Å². The Labute approximate surface area is 179 Å². The molecule has 0 radical (unpaired) electrons. The quantitative estimate of drug-likeness (QED) is 0.706. The third kappa shape index (κ3) is 5.34. The lowest BCUT2D eigenvalue weighted by Crippen LogP contribution is -2.22. The Morgan fingerprint density at radius 2 is 1.97 bits per heavy atom. The van der Waals surface area contributed by atoms with Crippen LogP contribution in [0.5, 0.6) is 5.75 Å². The Hall–Kier alpha value is -1.64. The number of hydrogen-bond donors (Lipinski definition) is 1. The van der Waals surface area contributed by atoms with Crippen molar-refractivity contribution in [3.05, 3.63) is 34.1 Å². The van der Waals surface area contributed by atoms with E-state index in [0.717, 1.165) is 51.7 Å². The summed E-state index contributed by atoms with van der Waals surface area (Å²) in [6.45, 7) is 2.00. The number of thioether (sulfide) groups is 1. The minimum Gasteiger partial charge on any atom is -0.493 e. The second-order valence-electron chi connectivity index (χ2n) is 8.12. The van der Waals surface area contributed by atoms with E-state index in [9.17, 15) is 9.18 Å². The molecule has 2 aromatic rings. The predicted octanol–water partition coefficient (Wildman–Crippen LogP) is 4.06. The number of fused-ring (bicyclic) bond motifs is 1. The number of benzene rings is 1. The first-order chi connectivity index (χ1) is 14.6. The highest BCUT2D eigenvalue weighted by Gasteiger charge is 2.22. The van der Waals surface area contributed by atoms with Crippen LogP contribution < -0.4 is 10.3 Å². The van der Waals surface area contributed by atoms with Gasteiger partial charge in [0, 0.05) is 37.7 Å². The lowest BCUT2D eigenvalue weighted by molar-refractivity contribution is 0.0497. The molecule has 2 heterocycles. The lowest BCUT2D eigenvalue weighted by Gasteiger charge is -2.26. The molecule has 6 nitrogen and oxygen atoms in total. The molecule has 30 heavy (non-hydrogen) atoms. The number of aromatic amines is 1. The van der Waals surface area contributed by atoms with Crippen LogP contribution in [0.2, 0.25) is 0 Å². The van der Waals surface area contributed by atoms with E-state index in [2.05, 4.69) is 9.97 Å². The molecule has 1 saturated heterocycles. The van der Waals surface area contributed by atoms with Crippen LogP contribution in [0.15, 0.2) is 16.9 Å². The van der Waals surface area contributed by atoms with Crippen LogP contribution in [0, 0.1) is 11.7 Å². The van der Waals surface area contributed by atoms with Crippen LogP contribution >= 0.6 is 11.8 Å². The molecule has 0 atom stereocenters. The number of hydrogen-bond acceptors (Lipinski definition) is 6. The largest absolute Gasteiger partial charge is 0.493 e. The third-order valence-electron chi connectivity index (χ3n) is 6.02. The summed E-state index contributed by atoms with van der Waals surface area (Å²) in [6, 6.07) is 2.95. The topological polar surface area (TPSA) is 73.4 Å². The van der Waals surface area contributed by atoms with Gasteiger partial charge in [-0.1, -0.05) is 0 Å². The van der Waals surface area contributed by atoms with Crippen molar-refractivity contribution in [3.63, 3.8) is 0 Å². The summed E-state index contributed by atoms with van der Waals surface area (Å²) in [4.78, 5) is 19.7. The molecule has 2 fully saturated rings. The van der Waals surface area contributed by atoms with E-state index in [4.69, 9.17) is 14.2 Å². The van der Waals surface area contributed by atoms with Crippen molar-refractivity contribution in [2.45, 2.75) is 55.6 Å². The van der Waals surface area contributed by atoms with E-state index in [-0.39, 0.29) is 5.39 Å². The first-order valence-corrected chi connectivity index (χ1v) is 11.7. The first kappa shape index (κ1) is 21.6. The molecule has 0 bridgehead atoms. The fraction of sp³-hybridized carbons (Fsp3) is 0.636. The van der Waals surface area contributed by atoms with Crippen molar-refractivity contribution in [2.75, 3.05) is 26.9 Å². The molecule has 1 saturated carbocycles. The van der Waals surface area contributed by atoms with Crippen molar-refractivity contribution in [2.24, 2.45) is 5.92 Å². The molecule has 1 aliphatic carbocycles. The zero-order valence-electron chi connectivity index (χ0n) is 17.3. The summed E-state index contributed by atoms with van der Waals surface area (Å²) >= 11 is 1.79. The van der Waals surface area contributed by atoms with E-state index in [1.165, 1.54) is 6.07 Å². The first-order valence-electron chi connectivity index (χ1n) is 10.7. The second kappa shape index (κ2) is 10.1. The molecule has 164 valence electrons. The van der Waals surface area contributed by atoms with Crippen molar-refractivity contribution in [3.8, 4) is 5.75 Å². The molecule has 1 aromatic heterocycles. The predicted molar refractivity (Wildman–Crippen MR) is 116 cm³/mol. The van der Waals surface area contributed by atoms with Crippen molar-refractivity contribution in [1.29, 1.82) is 0 Å². The molecule has 1 N–H and O–H groups in total. The summed E-state index contributed by atoms with van der Waals surface area (Å²) in [7, 11) is 1.77. The van der Waals surface area contributed by atoms with E-state index in [1.54, 1.807) is 24.9 Å². The summed E-state index contributed by atoms with van der Waals surface area (Å²) < 4.78 is 31.2. The minimum absolute atomic E-state index is 0.0113. The number of methoxy groups -OCH3 is 1. The van der Waals surface area contributed by atoms with Gasteiger partial charge in [-0.15, -0.1) is 0 Å². The van der Waals surface area contributed by atoms with Crippen molar-refractivity contribution in [1.82, 2.24) is 9.97 Å². The van der Waals surface area contributed by atoms with Crippen LogP contribution in [0.3, 0.4) is 0 Å². The fourth-order valence-electron chi connectivity index (χ4n) is 4.16. The Bertz CT molecular complexity index is 908. The average molecular weight is 437 g/mol. The molecule has 0 spiro atoms. The van der Waals surface area contributed by atoms with Gasteiger partial charge < -0.3 is 19.2 Å². The van der Waals surface area contributed by atoms with Crippen LogP contribution in [0.4, 0.5) is 4.39 Å². The minimum atomic E-state index is -0.597. The highest BCUT2D eigenvalue weighted by Crippen LogP contribution is 2.31. The van der Waals surface area contributed by atoms with Gasteiger partial charge in [-0.3, -0.25) is 4.79 Å². The maximum absolute atomic E-state index is 14.6. The molecule has 2 aliphatic rings. The standard InChI is InChI=1S/C22H29FN2O4S/c1-27-15-2-4-17(5-3-15)30-13-20-24-19-11-16(10-18(23)21(19)22(26)25-20)29-12-14-6-8-28-9-7-14/h10-11,14-15,17H,2-9,12-13H2,1H3,(H,24,25,26)/t15-,17+. The molecule has 1 aliphatic heterocycles. The molecular formula is C22H29FN2O4S. The van der Waals surface area contributed by atoms with Crippen LogP contribution in [-0.2, 0) is 15.2 Å². The fourth-order valence-corrected chi connectivity index (χ4v) is 5.29. The summed E-state index contributed by atoms with van der Waals surface area (Å²) in [5.41, 5.74) is -0.0911. The zero-order valence-corrected chi connectivity index (χ0v) is 18.1. The van der Waals surface area contributed by atoms with Crippen LogP contribution in [0.25, 0.3) is 10.9 Å².